The van der Waals surface area contributed by atoms with Gasteiger partial charge in [0.25, 0.3) is 5.69 Å². The number of nitro benzene ring substituents is 1. The maximum Gasteiger partial charge on any atom is 0.335 e. The number of methoxy groups -OCH3 is 2. The molecule has 0 aliphatic heterocycles. The van der Waals surface area contributed by atoms with Crippen LogP contribution in [0.1, 0.15) is 21.5 Å². The molecule has 3 aromatic carbocycles. The molecule has 0 aliphatic rings. The molecule has 0 fully saturated rings. The zero-order valence-electron chi connectivity index (χ0n) is 17.1. The number of aromatic carboxylic acids is 1. The second kappa shape index (κ2) is 9.62. The van der Waals surface area contributed by atoms with Gasteiger partial charge >= 0.3 is 5.97 Å². The van der Waals surface area contributed by atoms with Gasteiger partial charge in [0.1, 0.15) is 11.5 Å². The van der Waals surface area contributed by atoms with Gasteiger partial charge in [0.05, 0.1) is 24.7 Å². The fraction of sp³-hybridized carbons (Fsp3) is 0.174. The van der Waals surface area contributed by atoms with Crippen molar-refractivity contribution in [2.24, 2.45) is 0 Å². The number of non-ortho nitro benzene ring substituents is 1. The van der Waals surface area contributed by atoms with E-state index >= 15 is 0 Å². The van der Waals surface area contributed by atoms with E-state index in [2.05, 4.69) is 0 Å². The third kappa shape index (κ3) is 5.30. The Morgan fingerprint density at radius 1 is 1.00 bits per heavy atom. The zero-order valence-corrected chi connectivity index (χ0v) is 17.1. The first-order valence-corrected chi connectivity index (χ1v) is 9.44. The van der Waals surface area contributed by atoms with Crippen LogP contribution < -0.4 is 14.4 Å². The minimum Gasteiger partial charge on any atom is -0.497 e. The Labute approximate surface area is 179 Å². The van der Waals surface area contributed by atoms with E-state index in [9.17, 15) is 20.0 Å². The van der Waals surface area contributed by atoms with E-state index in [1.807, 2.05) is 23.1 Å². The maximum atomic E-state index is 11.5. The summed E-state index contributed by atoms with van der Waals surface area (Å²) in [6.07, 6.45) is 0. The topological polar surface area (TPSA) is 102 Å². The summed E-state index contributed by atoms with van der Waals surface area (Å²) in [5, 5.41) is 20.3. The predicted octanol–water partition coefficient (Wildman–Crippen LogP) is 4.52. The number of rotatable bonds is 9. The van der Waals surface area contributed by atoms with Gasteiger partial charge in [-0.1, -0.05) is 18.2 Å². The molecule has 0 spiro atoms. The molecular weight excluding hydrogens is 400 g/mol. The molecule has 0 atom stereocenters. The molecule has 1 N–H and O–H groups in total. The fourth-order valence-electron chi connectivity index (χ4n) is 3.23. The van der Waals surface area contributed by atoms with Gasteiger partial charge in [0, 0.05) is 36.5 Å². The van der Waals surface area contributed by atoms with E-state index in [-0.39, 0.29) is 11.3 Å². The van der Waals surface area contributed by atoms with E-state index in [4.69, 9.17) is 9.47 Å². The van der Waals surface area contributed by atoms with Crippen molar-refractivity contribution in [1.29, 1.82) is 0 Å². The van der Waals surface area contributed by atoms with Crippen LogP contribution in [-0.4, -0.2) is 30.2 Å². The summed E-state index contributed by atoms with van der Waals surface area (Å²) >= 11 is 0. The molecule has 0 aliphatic carbocycles. The van der Waals surface area contributed by atoms with Crippen LogP contribution in [0.5, 0.6) is 11.5 Å². The minimum absolute atomic E-state index is 0.0117. The average Bonchev–Trinajstić information content (AvgIpc) is 2.79. The Morgan fingerprint density at radius 2 is 1.74 bits per heavy atom. The van der Waals surface area contributed by atoms with Crippen LogP contribution in [0.25, 0.3) is 0 Å². The molecule has 0 unspecified atom stereocenters. The van der Waals surface area contributed by atoms with E-state index in [1.165, 1.54) is 18.2 Å². The van der Waals surface area contributed by atoms with Crippen LogP contribution in [-0.2, 0) is 13.1 Å². The van der Waals surface area contributed by atoms with Crippen LogP contribution in [0.2, 0.25) is 0 Å². The number of ether oxygens (including phenoxy) is 2. The summed E-state index contributed by atoms with van der Waals surface area (Å²) in [5.41, 5.74) is 2.57. The third-order valence-electron chi connectivity index (χ3n) is 4.83. The van der Waals surface area contributed by atoms with Crippen LogP contribution in [0.15, 0.2) is 66.7 Å². The van der Waals surface area contributed by atoms with E-state index in [0.717, 1.165) is 11.1 Å². The monoisotopic (exact) mass is 422 g/mol. The van der Waals surface area contributed by atoms with Crippen molar-refractivity contribution in [1.82, 2.24) is 0 Å². The number of carboxylic acids is 1. The van der Waals surface area contributed by atoms with Crippen LogP contribution in [0.3, 0.4) is 0 Å². The molecule has 0 saturated carbocycles. The summed E-state index contributed by atoms with van der Waals surface area (Å²) in [6, 6.07) is 18.4. The number of nitro groups is 1. The molecule has 0 radical (unpaired) electrons. The van der Waals surface area contributed by atoms with Gasteiger partial charge in [0.15, 0.2) is 0 Å². The molecule has 160 valence electrons. The lowest BCUT2D eigenvalue weighted by Gasteiger charge is -2.26. The molecule has 31 heavy (non-hydrogen) atoms. The smallest absolute Gasteiger partial charge is 0.335 e. The van der Waals surface area contributed by atoms with E-state index in [1.54, 1.807) is 44.6 Å². The normalized spacial score (nSPS) is 10.4. The number of hydrogen-bond donors (Lipinski definition) is 1. The van der Waals surface area contributed by atoms with Gasteiger partial charge in [-0.15, -0.1) is 0 Å². The Hall–Kier alpha value is -4.07. The summed E-state index contributed by atoms with van der Waals surface area (Å²) in [4.78, 5) is 23.9. The van der Waals surface area contributed by atoms with Crippen molar-refractivity contribution in [2.75, 3.05) is 19.1 Å². The highest BCUT2D eigenvalue weighted by Gasteiger charge is 2.15. The summed E-state index contributed by atoms with van der Waals surface area (Å²) in [6.45, 7) is 0.807. The van der Waals surface area contributed by atoms with Gasteiger partial charge in [-0.25, -0.2) is 4.79 Å². The van der Waals surface area contributed by atoms with Crippen molar-refractivity contribution >= 4 is 17.3 Å². The quantitative estimate of drug-likeness (QED) is 0.400. The predicted molar refractivity (Wildman–Crippen MR) is 116 cm³/mol. The molecule has 8 heteroatoms. The van der Waals surface area contributed by atoms with E-state index in [0.29, 0.717) is 30.3 Å². The van der Waals surface area contributed by atoms with Gasteiger partial charge in [-0.3, -0.25) is 10.1 Å². The Kier molecular flexibility index (Phi) is 6.71. The van der Waals surface area contributed by atoms with Crippen LogP contribution >= 0.6 is 0 Å². The van der Waals surface area contributed by atoms with Gasteiger partial charge in [-0.2, -0.15) is 0 Å². The number of carboxylic acid groups (broad SMARTS) is 1. The second-order valence-electron chi connectivity index (χ2n) is 6.81. The Bertz CT molecular complexity index is 1080. The minimum atomic E-state index is -1.02. The summed E-state index contributed by atoms with van der Waals surface area (Å²) in [5.74, 6) is 0.324. The van der Waals surface area contributed by atoms with Gasteiger partial charge in [0.2, 0.25) is 0 Å². The summed E-state index contributed by atoms with van der Waals surface area (Å²) in [7, 11) is 3.16. The lowest BCUT2D eigenvalue weighted by atomic mass is 10.1. The summed E-state index contributed by atoms with van der Waals surface area (Å²) < 4.78 is 10.8. The third-order valence-corrected chi connectivity index (χ3v) is 4.83. The molecule has 3 rings (SSSR count). The zero-order chi connectivity index (χ0) is 22.4. The number of anilines is 1. The first kappa shape index (κ1) is 21.6. The molecule has 0 amide bonds. The molecule has 8 nitrogen and oxygen atoms in total. The number of benzene rings is 3. The average molecular weight is 422 g/mol. The van der Waals surface area contributed by atoms with Crippen LogP contribution in [0, 0.1) is 10.1 Å². The molecule has 3 aromatic rings. The van der Waals surface area contributed by atoms with Gasteiger partial charge < -0.3 is 19.5 Å². The highest BCUT2D eigenvalue weighted by Crippen LogP contribution is 2.29. The van der Waals surface area contributed by atoms with Crippen molar-refractivity contribution in [3.05, 3.63) is 93.5 Å². The lowest BCUT2D eigenvalue weighted by Crippen LogP contribution is -2.23. The highest BCUT2D eigenvalue weighted by atomic mass is 16.6. The fourth-order valence-corrected chi connectivity index (χ4v) is 3.23. The largest absolute Gasteiger partial charge is 0.497 e. The van der Waals surface area contributed by atoms with Crippen LogP contribution in [0.4, 0.5) is 11.4 Å². The van der Waals surface area contributed by atoms with Crippen molar-refractivity contribution in [2.45, 2.75) is 13.1 Å². The standard InChI is InChI=1S/C23H22N2O6/c1-30-21-10-11-22(31-2)18(13-21)15-24(20-5-3-4-17(12-20)23(26)27)14-16-6-8-19(9-7-16)25(28)29/h3-13H,14-15H2,1-2H3,(H,26,27). The SMILES string of the molecule is COc1ccc(OC)c(CN(Cc2ccc([N+](=O)[O-])cc2)c2cccc(C(=O)O)c2)c1. The maximum absolute atomic E-state index is 11.5. The Morgan fingerprint density at radius 3 is 2.35 bits per heavy atom. The van der Waals surface area contributed by atoms with Crippen molar-refractivity contribution < 1.29 is 24.3 Å². The Balaban J connectivity index is 1.99. The number of nitrogens with zero attached hydrogens (tertiary/aromatic N) is 2. The van der Waals surface area contributed by atoms with E-state index < -0.39 is 10.9 Å². The van der Waals surface area contributed by atoms with Crippen molar-refractivity contribution in [3.8, 4) is 11.5 Å². The first-order valence-electron chi connectivity index (χ1n) is 9.44. The lowest BCUT2D eigenvalue weighted by molar-refractivity contribution is -0.384. The highest BCUT2D eigenvalue weighted by molar-refractivity contribution is 5.88. The van der Waals surface area contributed by atoms with Crippen molar-refractivity contribution in [3.63, 3.8) is 0 Å². The second-order valence-corrected chi connectivity index (χ2v) is 6.81. The molecular formula is C23H22N2O6. The molecule has 0 bridgehead atoms. The molecule has 0 aromatic heterocycles. The number of carbonyl (C=O) groups is 1. The van der Waals surface area contributed by atoms with Gasteiger partial charge in [-0.05, 0) is 42.0 Å². The number of hydrogen-bond acceptors (Lipinski definition) is 6. The molecule has 0 heterocycles. The first-order chi connectivity index (χ1) is 14.9. The molecule has 0 saturated heterocycles.